The van der Waals surface area contributed by atoms with E-state index < -0.39 is 0 Å². The van der Waals surface area contributed by atoms with Gasteiger partial charge in [0.2, 0.25) is 12.7 Å². The summed E-state index contributed by atoms with van der Waals surface area (Å²) in [6.07, 6.45) is 30.3. The zero-order valence-corrected chi connectivity index (χ0v) is 29.7. The number of para-hydroxylation sites is 2. The number of nitrogens with zero attached hydrogens (tertiary/aromatic N) is 10. The maximum Gasteiger partial charge on any atom is 0.243 e. The van der Waals surface area contributed by atoms with Crippen molar-refractivity contribution in [2.24, 2.45) is 14.1 Å². The molecule has 48 heavy (non-hydrogen) atoms. The fraction of sp³-hybridized carbons (Fsp3) is 0.0588. The fourth-order valence-electron chi connectivity index (χ4n) is 5.71. The Morgan fingerprint density at radius 2 is 1.21 bits per heavy atom. The van der Waals surface area contributed by atoms with E-state index in [9.17, 15) is 0 Å². The van der Waals surface area contributed by atoms with E-state index in [0.29, 0.717) is 5.88 Å². The molecule has 10 aromatic rings. The monoisotopic (exact) mass is 992 g/mol. The Balaban J connectivity index is 0.000000146. The number of furan rings is 2. The van der Waals surface area contributed by atoms with Crippen LogP contribution in [0.3, 0.4) is 0 Å². The number of aryl methyl sites for hydroxylation is 2. The van der Waals surface area contributed by atoms with Gasteiger partial charge in [-0.15, -0.1) is 22.1 Å². The number of aromatic nitrogens is 10. The van der Waals surface area contributed by atoms with Gasteiger partial charge in [0.05, 0.1) is 26.6 Å². The zero-order valence-electron chi connectivity index (χ0n) is 25.2. The first-order valence-electron chi connectivity index (χ1n) is 14.3. The molecule has 0 aliphatic rings. The topological polar surface area (TPSA) is 108 Å². The maximum atomic E-state index is 5.77. The van der Waals surface area contributed by atoms with Crippen LogP contribution in [0.4, 0.5) is 0 Å². The normalized spacial score (nSPS) is 11.2. The third kappa shape index (κ3) is 5.08. The Morgan fingerprint density at radius 1 is 0.604 bits per heavy atom. The van der Waals surface area contributed by atoms with Crippen LogP contribution in [0.1, 0.15) is 0 Å². The van der Waals surface area contributed by atoms with Gasteiger partial charge in [0, 0.05) is 90.9 Å². The zero-order chi connectivity index (χ0) is 30.8. The van der Waals surface area contributed by atoms with Gasteiger partial charge in [-0.2, -0.15) is 0 Å². The van der Waals surface area contributed by atoms with Crippen LogP contribution < -0.4 is 19.1 Å². The summed E-state index contributed by atoms with van der Waals surface area (Å²) in [5.74, 6) is 0.627. The van der Waals surface area contributed by atoms with Crippen LogP contribution >= 0.6 is 0 Å². The predicted octanol–water partition coefficient (Wildman–Crippen LogP) is 3.88. The molecule has 0 saturated carbocycles. The van der Waals surface area contributed by atoms with E-state index in [2.05, 4.69) is 41.3 Å². The van der Waals surface area contributed by atoms with E-state index in [0.717, 1.165) is 60.9 Å². The molecule has 0 aliphatic heterocycles. The van der Waals surface area contributed by atoms with Crippen molar-refractivity contribution >= 4 is 43.8 Å². The van der Waals surface area contributed by atoms with Gasteiger partial charge in [-0.05, 0) is 21.8 Å². The van der Waals surface area contributed by atoms with Crippen LogP contribution in [0.5, 0.6) is 0 Å². The van der Waals surface area contributed by atoms with Crippen LogP contribution in [-0.4, -0.2) is 28.2 Å². The van der Waals surface area contributed by atoms with Crippen LogP contribution in [0.25, 0.3) is 66.8 Å². The molecule has 0 saturated heterocycles. The van der Waals surface area contributed by atoms with E-state index in [4.69, 9.17) is 18.8 Å². The third-order valence-corrected chi connectivity index (χ3v) is 7.82. The number of hydrogen-bond acceptors (Lipinski definition) is 4. The van der Waals surface area contributed by atoms with Gasteiger partial charge in [-0.25, -0.2) is 0 Å². The molecule has 0 aliphatic carbocycles. The molecule has 8 heterocycles. The molecule has 0 bridgehead atoms. The standard InChI is InChI=1S/2C17H11N5O.2Pt/c1-20-7-8-22(11-20)14-4-2-3-12-13-9-23-17(16(13)19-15(12)14)21-6-5-18-10-21;1-20-7-8-22(11-20)13-4-2-3-12-15(13)19-16-14(9-23-17(12)16)21-6-5-18-10-21;;/h2*2-9H,1H3;;/q2*-2;;. The second-order valence-corrected chi connectivity index (χ2v) is 10.7. The minimum atomic E-state index is 0. The number of imidazole rings is 4. The predicted molar refractivity (Wildman–Crippen MR) is 165 cm³/mol. The summed E-state index contributed by atoms with van der Waals surface area (Å²) in [5, 5.41) is 3.02. The minimum Gasteiger partial charge on any atom is -0.665 e. The molecule has 0 radical (unpaired) electrons. The molecule has 244 valence electrons. The summed E-state index contributed by atoms with van der Waals surface area (Å²) in [7, 11) is 3.88. The molecule has 10 rings (SSSR count). The summed E-state index contributed by atoms with van der Waals surface area (Å²) in [4.78, 5) is 17.5. The Labute approximate surface area is 301 Å². The number of hydrogen-bond donors (Lipinski definition) is 0. The van der Waals surface area contributed by atoms with Gasteiger partial charge >= 0.3 is 0 Å². The summed E-state index contributed by atoms with van der Waals surface area (Å²) >= 11 is 0. The average Bonchev–Trinajstić information content (AvgIpc) is 3.88. The van der Waals surface area contributed by atoms with E-state index >= 15 is 0 Å². The Kier molecular flexibility index (Phi) is 8.15. The van der Waals surface area contributed by atoms with Gasteiger partial charge < -0.3 is 56.2 Å². The van der Waals surface area contributed by atoms with Crippen molar-refractivity contribution in [3.8, 4) is 22.9 Å². The molecule has 8 aromatic heterocycles. The number of benzene rings is 2. The van der Waals surface area contributed by atoms with Gasteiger partial charge in [0.25, 0.3) is 0 Å². The van der Waals surface area contributed by atoms with Crippen molar-refractivity contribution in [2.45, 2.75) is 0 Å². The maximum absolute atomic E-state index is 5.77. The van der Waals surface area contributed by atoms with Gasteiger partial charge in [0.15, 0.2) is 0 Å². The number of rotatable bonds is 4. The van der Waals surface area contributed by atoms with Gasteiger partial charge in [-0.1, -0.05) is 61.2 Å². The second kappa shape index (κ2) is 12.4. The van der Waals surface area contributed by atoms with E-state index in [1.807, 2.05) is 93.7 Å². The first kappa shape index (κ1) is 31.4. The Bertz CT molecular complexity index is 2450. The summed E-state index contributed by atoms with van der Waals surface area (Å²) < 4.78 is 22.5. The van der Waals surface area contributed by atoms with Crippen LogP contribution in [0.15, 0.2) is 107 Å². The first-order chi connectivity index (χ1) is 22.6. The SMILES string of the molecule is C[n+]1[c-]n(-c2cccc3c2[n-]c2c(-n4[c-]ncc4)coc23)cc1.C[n+]1[c-]n(-c2cccc3c2[n-]c2c(-n4[c-]ncc4)occ23)cc1.[Pt].[Pt]. The van der Waals surface area contributed by atoms with Crippen molar-refractivity contribution in [2.75, 3.05) is 0 Å². The molecular formula is C34H22N10O2Pt2-4. The van der Waals surface area contributed by atoms with Crippen molar-refractivity contribution < 1.29 is 60.1 Å². The Hall–Kier alpha value is -5.18. The molecule has 0 fully saturated rings. The minimum absolute atomic E-state index is 0. The van der Waals surface area contributed by atoms with Crippen LogP contribution in [0, 0.1) is 25.3 Å². The Morgan fingerprint density at radius 3 is 1.81 bits per heavy atom. The van der Waals surface area contributed by atoms with Crippen molar-refractivity contribution in [1.82, 2.24) is 38.2 Å². The molecule has 0 atom stereocenters. The largest absolute Gasteiger partial charge is 0.665 e. The molecule has 12 nitrogen and oxygen atoms in total. The van der Waals surface area contributed by atoms with Gasteiger partial charge in [-0.3, -0.25) is 0 Å². The van der Waals surface area contributed by atoms with Gasteiger partial charge in [0.1, 0.15) is 11.5 Å². The molecule has 0 amide bonds. The molecule has 14 heteroatoms. The smallest absolute Gasteiger partial charge is 0.243 e. The van der Waals surface area contributed by atoms with E-state index in [-0.39, 0.29) is 42.1 Å². The first-order valence-corrected chi connectivity index (χ1v) is 14.3. The summed E-state index contributed by atoms with van der Waals surface area (Å²) in [5.41, 5.74) is 6.97. The molecule has 2 aromatic carbocycles. The third-order valence-electron chi connectivity index (χ3n) is 7.82. The van der Waals surface area contributed by atoms with Crippen LogP contribution in [-0.2, 0) is 56.2 Å². The quantitative estimate of drug-likeness (QED) is 0.196. The molecule has 0 unspecified atom stereocenters. The molecular weight excluding hydrogens is 971 g/mol. The summed E-state index contributed by atoms with van der Waals surface area (Å²) in [6.45, 7) is 0. The average molecular weight is 993 g/mol. The summed E-state index contributed by atoms with van der Waals surface area (Å²) in [6, 6.07) is 12.1. The molecule has 0 N–H and O–H groups in total. The van der Waals surface area contributed by atoms with Crippen LogP contribution in [0.2, 0.25) is 0 Å². The molecule has 0 spiro atoms. The van der Waals surface area contributed by atoms with E-state index in [1.165, 1.54) is 0 Å². The van der Waals surface area contributed by atoms with Crippen molar-refractivity contribution in [3.63, 3.8) is 0 Å². The van der Waals surface area contributed by atoms with E-state index in [1.54, 1.807) is 40.3 Å². The fourth-order valence-corrected chi connectivity index (χ4v) is 5.71. The van der Waals surface area contributed by atoms with Crippen molar-refractivity contribution in [3.05, 3.63) is 124 Å². The van der Waals surface area contributed by atoms with Crippen molar-refractivity contribution in [1.29, 1.82) is 0 Å². The second-order valence-electron chi connectivity index (χ2n) is 10.7. The number of fused-ring (bicyclic) bond motifs is 6.